The summed E-state index contributed by atoms with van der Waals surface area (Å²) in [4.78, 5) is 11.5. The highest BCUT2D eigenvalue weighted by molar-refractivity contribution is 5.83. The number of unbranched alkanes of at least 4 members (excludes halogenated alkanes) is 1. The number of hydrogen-bond donors (Lipinski definition) is 0. The number of hydrogen-bond acceptors (Lipinski definition) is 2. The summed E-state index contributed by atoms with van der Waals surface area (Å²) in [5.74, 6) is -39.3. The monoisotopic (exact) mass is 486 g/mol. The van der Waals surface area contributed by atoms with Crippen LogP contribution in [0.5, 0.6) is 0 Å². The molecule has 0 radical (unpaired) electrons. The summed E-state index contributed by atoms with van der Waals surface area (Å²) in [6, 6.07) is 0. The SMILES string of the molecule is CCCCC1=CC1C(=O)OCCC(F)(F)C(F)(F)C(F)(F)C(F)(F)C(F)(F)C(F)(F)F. The molecule has 0 heterocycles. The fourth-order valence-electron chi connectivity index (χ4n) is 2.33. The first kappa shape index (κ1) is 27.3. The van der Waals surface area contributed by atoms with Crippen molar-refractivity contribution in [3.05, 3.63) is 11.6 Å². The Bertz CT molecular complexity index is 694. The van der Waals surface area contributed by atoms with Crippen LogP contribution in [0.2, 0.25) is 0 Å². The summed E-state index contributed by atoms with van der Waals surface area (Å²) in [6.07, 6.45) is -6.87. The van der Waals surface area contributed by atoms with E-state index in [1.807, 2.05) is 6.92 Å². The van der Waals surface area contributed by atoms with Crippen molar-refractivity contribution in [2.75, 3.05) is 6.61 Å². The van der Waals surface area contributed by atoms with Crippen LogP contribution in [0.1, 0.15) is 32.6 Å². The molecule has 1 rings (SSSR count). The van der Waals surface area contributed by atoms with Crippen molar-refractivity contribution < 1.29 is 66.6 Å². The molecule has 15 heteroatoms. The lowest BCUT2D eigenvalue weighted by Crippen LogP contribution is -2.70. The molecular weight excluding hydrogens is 471 g/mol. The maximum absolute atomic E-state index is 13.5. The molecule has 1 aliphatic carbocycles. The molecule has 182 valence electrons. The van der Waals surface area contributed by atoms with Gasteiger partial charge in [0.25, 0.3) is 0 Å². The van der Waals surface area contributed by atoms with Crippen LogP contribution in [-0.2, 0) is 9.53 Å². The summed E-state index contributed by atoms with van der Waals surface area (Å²) in [6.45, 7) is 0.0898. The van der Waals surface area contributed by atoms with Gasteiger partial charge in [-0.3, -0.25) is 4.79 Å². The molecule has 2 nitrogen and oxygen atoms in total. The van der Waals surface area contributed by atoms with Crippen molar-refractivity contribution in [3.63, 3.8) is 0 Å². The van der Waals surface area contributed by atoms with Crippen molar-refractivity contribution in [2.24, 2.45) is 5.92 Å². The van der Waals surface area contributed by atoms with Crippen molar-refractivity contribution in [1.29, 1.82) is 0 Å². The Hall–Kier alpha value is -1.70. The van der Waals surface area contributed by atoms with Gasteiger partial charge in [-0.1, -0.05) is 25.0 Å². The zero-order valence-corrected chi connectivity index (χ0v) is 15.4. The van der Waals surface area contributed by atoms with Gasteiger partial charge in [-0.05, 0) is 12.8 Å². The normalized spacial score (nSPS) is 18.6. The number of alkyl halides is 13. The number of ether oxygens (including phenoxy) is 1. The summed E-state index contributed by atoms with van der Waals surface area (Å²) < 4.78 is 172. The van der Waals surface area contributed by atoms with E-state index in [1.165, 1.54) is 6.08 Å². The fraction of sp³-hybridized carbons (Fsp3) is 0.812. The number of rotatable bonds is 11. The highest BCUT2D eigenvalue weighted by Crippen LogP contribution is 2.60. The van der Waals surface area contributed by atoms with Gasteiger partial charge in [-0.25, -0.2) is 0 Å². The Morgan fingerprint density at radius 1 is 0.839 bits per heavy atom. The average Bonchev–Trinajstić information content (AvgIpc) is 3.37. The zero-order valence-electron chi connectivity index (χ0n) is 15.4. The van der Waals surface area contributed by atoms with E-state index in [-0.39, 0.29) is 0 Å². The molecule has 0 aromatic rings. The van der Waals surface area contributed by atoms with Gasteiger partial charge in [0.05, 0.1) is 18.9 Å². The predicted octanol–water partition coefficient (Wildman–Crippen LogP) is 6.40. The molecule has 1 unspecified atom stereocenters. The zero-order chi connectivity index (χ0) is 24.7. The van der Waals surface area contributed by atoms with Gasteiger partial charge in [0.1, 0.15) is 0 Å². The quantitative estimate of drug-likeness (QED) is 0.192. The first-order valence-electron chi connectivity index (χ1n) is 8.52. The van der Waals surface area contributed by atoms with E-state index in [2.05, 4.69) is 4.74 Å². The molecule has 0 amide bonds. The molecule has 0 saturated carbocycles. The molecule has 0 fully saturated rings. The van der Waals surface area contributed by atoms with Crippen LogP contribution in [0.25, 0.3) is 0 Å². The number of halogens is 13. The molecule has 0 spiro atoms. The van der Waals surface area contributed by atoms with Gasteiger partial charge in [0, 0.05) is 0 Å². The first-order valence-corrected chi connectivity index (χ1v) is 8.52. The van der Waals surface area contributed by atoms with Crippen LogP contribution in [0.4, 0.5) is 57.1 Å². The van der Waals surface area contributed by atoms with Crippen molar-refractivity contribution in [1.82, 2.24) is 0 Å². The fourth-order valence-corrected chi connectivity index (χ4v) is 2.33. The van der Waals surface area contributed by atoms with E-state index in [0.717, 1.165) is 6.42 Å². The summed E-state index contributed by atoms with van der Waals surface area (Å²) >= 11 is 0. The molecule has 1 aliphatic rings. The average molecular weight is 486 g/mol. The Morgan fingerprint density at radius 3 is 1.77 bits per heavy atom. The molecule has 0 aromatic carbocycles. The van der Waals surface area contributed by atoms with Crippen LogP contribution in [0.15, 0.2) is 11.6 Å². The highest BCUT2D eigenvalue weighted by atomic mass is 19.4. The third-order valence-electron chi connectivity index (χ3n) is 4.40. The standard InChI is InChI=1S/C16H15F13O2/c1-2-3-4-8-7-9(8)10(30)31-6-5-11(17,18)12(19,20)13(21,22)14(23,24)15(25,26)16(27,28)29/h7,9H,2-6H2,1H3. The Morgan fingerprint density at radius 2 is 1.32 bits per heavy atom. The minimum Gasteiger partial charge on any atom is -0.465 e. The van der Waals surface area contributed by atoms with E-state index in [9.17, 15) is 61.9 Å². The maximum atomic E-state index is 13.5. The van der Waals surface area contributed by atoms with Gasteiger partial charge < -0.3 is 4.74 Å². The third kappa shape index (κ3) is 4.73. The first-order chi connectivity index (χ1) is 13.7. The van der Waals surface area contributed by atoms with E-state index in [0.29, 0.717) is 18.4 Å². The Labute approximate surface area is 166 Å². The third-order valence-corrected chi connectivity index (χ3v) is 4.40. The van der Waals surface area contributed by atoms with Crippen LogP contribution < -0.4 is 0 Å². The molecule has 0 aromatic heterocycles. The van der Waals surface area contributed by atoms with Crippen LogP contribution in [0, 0.1) is 5.92 Å². The minimum absolute atomic E-state index is 0.430. The predicted molar refractivity (Wildman–Crippen MR) is 77.5 cm³/mol. The van der Waals surface area contributed by atoms with Crippen LogP contribution in [0.3, 0.4) is 0 Å². The largest absolute Gasteiger partial charge is 0.465 e. The maximum Gasteiger partial charge on any atom is 0.460 e. The topological polar surface area (TPSA) is 26.3 Å². The second kappa shape index (κ2) is 8.34. The molecule has 0 saturated heterocycles. The minimum atomic E-state index is -7.94. The van der Waals surface area contributed by atoms with Gasteiger partial charge in [-0.2, -0.15) is 57.1 Å². The van der Waals surface area contributed by atoms with Crippen molar-refractivity contribution >= 4 is 5.97 Å². The van der Waals surface area contributed by atoms with E-state index >= 15 is 0 Å². The molecule has 1 atom stereocenters. The summed E-state index contributed by atoms with van der Waals surface area (Å²) in [7, 11) is 0. The van der Waals surface area contributed by atoms with Gasteiger partial charge in [0.15, 0.2) is 0 Å². The lowest BCUT2D eigenvalue weighted by atomic mass is 9.93. The lowest BCUT2D eigenvalue weighted by Gasteiger charge is -2.39. The van der Waals surface area contributed by atoms with Gasteiger partial charge in [-0.15, -0.1) is 0 Å². The van der Waals surface area contributed by atoms with Crippen molar-refractivity contribution in [3.8, 4) is 0 Å². The summed E-state index contributed by atoms with van der Waals surface area (Å²) in [5, 5.41) is 0. The van der Waals surface area contributed by atoms with Crippen LogP contribution >= 0.6 is 0 Å². The second-order valence-corrected chi connectivity index (χ2v) is 6.74. The smallest absolute Gasteiger partial charge is 0.460 e. The lowest BCUT2D eigenvalue weighted by molar-refractivity contribution is -0.440. The van der Waals surface area contributed by atoms with Crippen LogP contribution in [-0.4, -0.2) is 48.4 Å². The number of carbonyl (C=O) groups is 1. The van der Waals surface area contributed by atoms with Gasteiger partial charge >= 0.3 is 41.8 Å². The van der Waals surface area contributed by atoms with E-state index in [4.69, 9.17) is 0 Å². The summed E-state index contributed by atoms with van der Waals surface area (Å²) in [5.41, 5.74) is 0.532. The number of carbonyl (C=O) groups excluding carboxylic acids is 1. The molecule has 0 aliphatic heterocycles. The van der Waals surface area contributed by atoms with E-state index < -0.39 is 60.7 Å². The highest BCUT2D eigenvalue weighted by Gasteiger charge is 2.90. The molecule has 0 N–H and O–H groups in total. The number of esters is 1. The second-order valence-electron chi connectivity index (χ2n) is 6.74. The van der Waals surface area contributed by atoms with E-state index in [1.54, 1.807) is 0 Å². The Balaban J connectivity index is 2.89. The van der Waals surface area contributed by atoms with Gasteiger partial charge in [0.2, 0.25) is 0 Å². The van der Waals surface area contributed by atoms with Crippen molar-refractivity contribution in [2.45, 2.75) is 68.4 Å². The Kier molecular flexibility index (Phi) is 7.35. The molecule has 31 heavy (non-hydrogen) atoms. The molecule has 0 bridgehead atoms. The molecular formula is C16H15F13O2.